The molecule has 1 aliphatic rings. The van der Waals surface area contributed by atoms with Crippen molar-refractivity contribution in [3.8, 4) is 5.69 Å². The SMILES string of the molecule is Cc1nc(SCCN2CCOCC2)nn1-c1cccc(Cl)c1.O=C(O)C(=O)O. The quantitative estimate of drug-likeness (QED) is 0.542. The molecule has 1 aromatic heterocycles. The van der Waals surface area contributed by atoms with Crippen molar-refractivity contribution in [3.63, 3.8) is 0 Å². The molecule has 3 rings (SSSR count). The number of hydrogen-bond donors (Lipinski definition) is 2. The second-order valence-corrected chi connectivity index (χ2v) is 7.24. The number of hydrogen-bond acceptors (Lipinski definition) is 7. The van der Waals surface area contributed by atoms with Crippen LogP contribution >= 0.6 is 23.4 Å². The molecule has 0 radical (unpaired) electrons. The Morgan fingerprint density at radius 3 is 2.54 bits per heavy atom. The maximum atomic E-state index is 9.10. The Labute approximate surface area is 171 Å². The van der Waals surface area contributed by atoms with Gasteiger partial charge in [0, 0.05) is 30.4 Å². The van der Waals surface area contributed by atoms with Gasteiger partial charge < -0.3 is 14.9 Å². The summed E-state index contributed by atoms with van der Waals surface area (Å²) in [5.41, 5.74) is 0.942. The first kappa shape index (κ1) is 22.2. The first-order valence-electron chi connectivity index (χ1n) is 8.45. The van der Waals surface area contributed by atoms with Gasteiger partial charge in [-0.25, -0.2) is 19.3 Å². The summed E-state index contributed by atoms with van der Waals surface area (Å²) in [4.78, 5) is 25.1. The maximum absolute atomic E-state index is 9.10. The third-order valence-electron chi connectivity index (χ3n) is 3.73. The van der Waals surface area contributed by atoms with E-state index in [2.05, 4.69) is 15.0 Å². The van der Waals surface area contributed by atoms with Crippen molar-refractivity contribution in [2.45, 2.75) is 12.1 Å². The Morgan fingerprint density at radius 2 is 1.93 bits per heavy atom. The van der Waals surface area contributed by atoms with E-state index in [0.29, 0.717) is 5.02 Å². The molecule has 1 aromatic carbocycles. The van der Waals surface area contributed by atoms with Gasteiger partial charge in [-0.3, -0.25) is 4.90 Å². The Kier molecular flexibility index (Phi) is 8.71. The van der Waals surface area contributed by atoms with Crippen LogP contribution in [0.15, 0.2) is 29.4 Å². The van der Waals surface area contributed by atoms with Crippen LogP contribution < -0.4 is 0 Å². The van der Waals surface area contributed by atoms with E-state index < -0.39 is 11.9 Å². The number of halogens is 1. The van der Waals surface area contributed by atoms with E-state index in [-0.39, 0.29) is 0 Å². The van der Waals surface area contributed by atoms with E-state index in [0.717, 1.165) is 55.3 Å². The van der Waals surface area contributed by atoms with Gasteiger partial charge >= 0.3 is 11.9 Å². The van der Waals surface area contributed by atoms with Crippen molar-refractivity contribution in [2.75, 3.05) is 38.6 Å². The molecule has 9 nitrogen and oxygen atoms in total. The maximum Gasteiger partial charge on any atom is 0.414 e. The van der Waals surface area contributed by atoms with E-state index in [1.807, 2.05) is 35.9 Å². The summed E-state index contributed by atoms with van der Waals surface area (Å²) in [6.45, 7) is 6.71. The number of carbonyl (C=O) groups is 2. The van der Waals surface area contributed by atoms with Crippen molar-refractivity contribution in [1.82, 2.24) is 19.7 Å². The minimum absolute atomic E-state index is 0.703. The van der Waals surface area contributed by atoms with Crippen LogP contribution in [0.5, 0.6) is 0 Å². The second-order valence-electron chi connectivity index (χ2n) is 5.75. The third-order valence-corrected chi connectivity index (χ3v) is 4.78. The van der Waals surface area contributed by atoms with Gasteiger partial charge in [-0.2, -0.15) is 0 Å². The summed E-state index contributed by atoms with van der Waals surface area (Å²) >= 11 is 7.73. The summed E-state index contributed by atoms with van der Waals surface area (Å²) < 4.78 is 7.19. The molecule has 28 heavy (non-hydrogen) atoms. The van der Waals surface area contributed by atoms with Crippen LogP contribution in [0.2, 0.25) is 5.02 Å². The summed E-state index contributed by atoms with van der Waals surface area (Å²) in [6, 6.07) is 7.65. The van der Waals surface area contributed by atoms with Crippen LogP contribution in [0.25, 0.3) is 5.69 Å². The molecule has 0 amide bonds. The predicted molar refractivity (Wildman–Crippen MR) is 104 cm³/mol. The van der Waals surface area contributed by atoms with Gasteiger partial charge in [0.1, 0.15) is 5.82 Å². The smallest absolute Gasteiger partial charge is 0.414 e. The molecule has 0 unspecified atom stereocenters. The highest BCUT2D eigenvalue weighted by Crippen LogP contribution is 2.19. The number of benzene rings is 1. The highest BCUT2D eigenvalue weighted by molar-refractivity contribution is 7.99. The van der Waals surface area contributed by atoms with Gasteiger partial charge in [-0.05, 0) is 25.1 Å². The zero-order valence-corrected chi connectivity index (χ0v) is 16.8. The zero-order chi connectivity index (χ0) is 20.5. The molecular weight excluding hydrogens is 408 g/mol. The topological polar surface area (TPSA) is 118 Å². The van der Waals surface area contributed by atoms with E-state index >= 15 is 0 Å². The number of aromatic nitrogens is 3. The molecule has 1 fully saturated rings. The fraction of sp³-hybridized carbons (Fsp3) is 0.412. The van der Waals surface area contributed by atoms with Crippen molar-refractivity contribution < 1.29 is 24.5 Å². The van der Waals surface area contributed by atoms with E-state index in [9.17, 15) is 0 Å². The van der Waals surface area contributed by atoms with Crippen LogP contribution in [-0.4, -0.2) is 80.4 Å². The molecule has 0 aliphatic carbocycles. The zero-order valence-electron chi connectivity index (χ0n) is 15.2. The molecule has 1 aliphatic heterocycles. The number of aliphatic carboxylic acids is 2. The van der Waals surface area contributed by atoms with Gasteiger partial charge in [0.2, 0.25) is 5.16 Å². The second kappa shape index (κ2) is 11.0. The number of thioether (sulfide) groups is 1. The Morgan fingerprint density at radius 1 is 1.25 bits per heavy atom. The number of nitrogens with zero attached hydrogens (tertiary/aromatic N) is 4. The van der Waals surface area contributed by atoms with Gasteiger partial charge in [0.25, 0.3) is 0 Å². The highest BCUT2D eigenvalue weighted by Gasteiger charge is 2.12. The summed E-state index contributed by atoms with van der Waals surface area (Å²) in [7, 11) is 0. The largest absolute Gasteiger partial charge is 0.473 e. The van der Waals surface area contributed by atoms with Crippen LogP contribution in [-0.2, 0) is 14.3 Å². The minimum atomic E-state index is -1.82. The standard InChI is InChI=1S/C15H19ClN4OS.C2H2O4/c1-12-17-15(22-10-7-19-5-8-21-9-6-19)18-20(12)14-4-2-3-13(16)11-14;3-1(4)2(5)6/h2-4,11H,5-10H2,1H3;(H,3,4)(H,5,6). The number of carboxylic acid groups (broad SMARTS) is 2. The molecule has 152 valence electrons. The van der Waals surface area contributed by atoms with Crippen LogP contribution in [0, 0.1) is 6.92 Å². The predicted octanol–water partition coefficient (Wildman–Crippen LogP) is 1.81. The molecule has 0 bridgehead atoms. The Hall–Kier alpha value is -2.14. The average Bonchev–Trinajstić information content (AvgIpc) is 3.03. The fourth-order valence-electron chi connectivity index (χ4n) is 2.37. The van der Waals surface area contributed by atoms with E-state index in [4.69, 9.17) is 36.1 Å². The van der Waals surface area contributed by atoms with Crippen molar-refractivity contribution in [3.05, 3.63) is 35.1 Å². The molecule has 2 heterocycles. The normalized spacial score (nSPS) is 14.2. The lowest BCUT2D eigenvalue weighted by molar-refractivity contribution is -0.159. The lowest BCUT2D eigenvalue weighted by atomic mass is 10.3. The van der Waals surface area contributed by atoms with Gasteiger partial charge in [-0.15, -0.1) is 5.10 Å². The molecule has 0 spiro atoms. The molecule has 2 aromatic rings. The van der Waals surface area contributed by atoms with Gasteiger partial charge in [0.05, 0.1) is 18.9 Å². The molecule has 1 saturated heterocycles. The summed E-state index contributed by atoms with van der Waals surface area (Å²) in [6.07, 6.45) is 0. The highest BCUT2D eigenvalue weighted by atomic mass is 35.5. The number of morpholine rings is 1. The number of carboxylic acids is 2. The number of aryl methyl sites for hydroxylation is 1. The first-order chi connectivity index (χ1) is 13.4. The summed E-state index contributed by atoms with van der Waals surface area (Å²) in [5, 5.41) is 20.9. The van der Waals surface area contributed by atoms with E-state index in [1.165, 1.54) is 0 Å². The molecular formula is C17H21ClN4O5S. The van der Waals surface area contributed by atoms with Crippen LogP contribution in [0.1, 0.15) is 5.82 Å². The van der Waals surface area contributed by atoms with Crippen molar-refractivity contribution in [2.24, 2.45) is 0 Å². The molecule has 0 saturated carbocycles. The van der Waals surface area contributed by atoms with Crippen molar-refractivity contribution in [1.29, 1.82) is 0 Å². The number of rotatable bonds is 5. The first-order valence-corrected chi connectivity index (χ1v) is 9.82. The lowest BCUT2D eigenvalue weighted by Crippen LogP contribution is -2.37. The lowest BCUT2D eigenvalue weighted by Gasteiger charge is -2.25. The van der Waals surface area contributed by atoms with Crippen molar-refractivity contribution >= 4 is 35.3 Å². The summed E-state index contributed by atoms with van der Waals surface area (Å²) in [5.74, 6) is -1.79. The van der Waals surface area contributed by atoms with E-state index in [1.54, 1.807) is 11.8 Å². The average molecular weight is 429 g/mol. The van der Waals surface area contributed by atoms with Crippen LogP contribution in [0.3, 0.4) is 0 Å². The number of ether oxygens (including phenoxy) is 1. The monoisotopic (exact) mass is 428 g/mol. The van der Waals surface area contributed by atoms with Crippen LogP contribution in [0.4, 0.5) is 0 Å². The van der Waals surface area contributed by atoms with Gasteiger partial charge in [0.15, 0.2) is 0 Å². The Balaban J connectivity index is 0.000000409. The third kappa shape index (κ3) is 7.12. The molecule has 2 N–H and O–H groups in total. The fourth-order valence-corrected chi connectivity index (χ4v) is 3.42. The Bertz CT molecular complexity index is 799. The minimum Gasteiger partial charge on any atom is -0.473 e. The van der Waals surface area contributed by atoms with Gasteiger partial charge in [-0.1, -0.05) is 29.4 Å². The molecule has 0 atom stereocenters. The molecule has 11 heteroatoms.